The van der Waals surface area contributed by atoms with Crippen LogP contribution >= 0.6 is 0 Å². The topological polar surface area (TPSA) is 45.3 Å². The number of aromatic nitrogens is 1. The zero-order chi connectivity index (χ0) is 20.0. The quantitative estimate of drug-likeness (QED) is 0.652. The summed E-state index contributed by atoms with van der Waals surface area (Å²) in [6, 6.07) is 16.8. The summed E-state index contributed by atoms with van der Waals surface area (Å²) in [5, 5.41) is 1.24. The second-order valence-electron chi connectivity index (χ2n) is 7.68. The number of carbonyl (C=O) groups excluding carboxylic acids is 1. The lowest BCUT2D eigenvalue weighted by molar-refractivity contribution is -0.138. The molecule has 2 aromatic carbocycles. The molecule has 0 aliphatic carbocycles. The zero-order valence-corrected chi connectivity index (χ0v) is 16.7. The molecule has 3 aromatic rings. The minimum absolute atomic E-state index is 0.127. The first-order valence-electron chi connectivity index (χ1n) is 10.2. The number of benzene rings is 2. The molecule has 0 unspecified atom stereocenters. The summed E-state index contributed by atoms with van der Waals surface area (Å²) in [5.74, 6) is -0.368. The largest absolute Gasteiger partial charge is 0.463 e. The van der Waals surface area contributed by atoms with Crippen LogP contribution in [-0.4, -0.2) is 29.0 Å². The van der Waals surface area contributed by atoms with E-state index in [1.54, 1.807) is 0 Å². The minimum Gasteiger partial charge on any atom is -0.463 e. The Hall–Kier alpha value is -3.27. The second kappa shape index (κ2) is 6.96. The predicted molar refractivity (Wildman–Crippen MR) is 115 cm³/mol. The number of allylic oxidation sites excluding steroid dienone is 1. The average Bonchev–Trinajstić information content (AvgIpc) is 3.12. The van der Waals surface area contributed by atoms with Crippen LogP contribution in [0.25, 0.3) is 16.6 Å². The zero-order valence-electron chi connectivity index (χ0n) is 16.7. The first-order chi connectivity index (χ1) is 14.2. The first kappa shape index (κ1) is 17.8. The van der Waals surface area contributed by atoms with Gasteiger partial charge in [-0.2, -0.15) is 0 Å². The van der Waals surface area contributed by atoms with Gasteiger partial charge in [0, 0.05) is 29.6 Å². The number of para-hydroxylation sites is 1. The summed E-state index contributed by atoms with van der Waals surface area (Å²) in [4.78, 5) is 18.9. The van der Waals surface area contributed by atoms with Crippen LogP contribution in [0.15, 0.2) is 66.4 Å². The lowest BCUT2D eigenvalue weighted by atomic mass is 9.84. The minimum atomic E-state index is -0.242. The van der Waals surface area contributed by atoms with Crippen LogP contribution in [0.1, 0.15) is 35.2 Å². The van der Waals surface area contributed by atoms with Gasteiger partial charge in [0.2, 0.25) is 0 Å². The molecule has 4 heteroatoms. The Morgan fingerprint density at radius 1 is 1.17 bits per heavy atom. The van der Waals surface area contributed by atoms with Gasteiger partial charge in [-0.05, 0) is 37.5 Å². The van der Waals surface area contributed by atoms with Crippen LogP contribution in [0, 0.1) is 6.92 Å². The van der Waals surface area contributed by atoms with Gasteiger partial charge < -0.3 is 14.6 Å². The Morgan fingerprint density at radius 3 is 2.76 bits per heavy atom. The molecule has 0 spiro atoms. The molecule has 2 aliphatic rings. The summed E-state index contributed by atoms with van der Waals surface area (Å²) in [7, 11) is 0. The van der Waals surface area contributed by atoms with Crippen LogP contribution in [0.4, 0.5) is 0 Å². The van der Waals surface area contributed by atoms with Gasteiger partial charge in [0.15, 0.2) is 0 Å². The number of aryl methyl sites for hydroxylation is 1. The fraction of sp³-hybridized carbons (Fsp3) is 0.240. The van der Waals surface area contributed by atoms with Crippen LogP contribution in [0.5, 0.6) is 0 Å². The third-order valence-corrected chi connectivity index (χ3v) is 5.90. The summed E-state index contributed by atoms with van der Waals surface area (Å²) in [6.07, 6.45) is 5.18. The maximum absolute atomic E-state index is 13.2. The molecule has 0 saturated carbocycles. The molecule has 3 heterocycles. The maximum atomic E-state index is 13.2. The lowest BCUT2D eigenvalue weighted by Crippen LogP contribution is -2.32. The molecule has 0 radical (unpaired) electrons. The number of H-pyrrole nitrogens is 1. The monoisotopic (exact) mass is 384 g/mol. The molecule has 0 bridgehead atoms. The molecule has 146 valence electrons. The van der Waals surface area contributed by atoms with E-state index in [-0.39, 0.29) is 11.9 Å². The van der Waals surface area contributed by atoms with Crippen molar-refractivity contribution in [2.75, 3.05) is 13.2 Å². The summed E-state index contributed by atoms with van der Waals surface area (Å²) >= 11 is 0. The highest BCUT2D eigenvalue weighted by atomic mass is 16.5. The van der Waals surface area contributed by atoms with Gasteiger partial charge in [0.1, 0.15) is 0 Å². The fourth-order valence-corrected chi connectivity index (χ4v) is 4.51. The van der Waals surface area contributed by atoms with E-state index < -0.39 is 0 Å². The number of carbonyl (C=O) groups is 1. The van der Waals surface area contributed by atoms with Gasteiger partial charge >= 0.3 is 5.97 Å². The van der Waals surface area contributed by atoms with Gasteiger partial charge in [-0.25, -0.2) is 4.79 Å². The van der Waals surface area contributed by atoms with E-state index in [2.05, 4.69) is 71.5 Å². The first-order valence-corrected chi connectivity index (χ1v) is 10.2. The summed E-state index contributed by atoms with van der Waals surface area (Å²) in [6.45, 7) is 5.14. The van der Waals surface area contributed by atoms with Crippen molar-refractivity contribution in [2.45, 2.75) is 26.2 Å². The maximum Gasteiger partial charge on any atom is 0.337 e. The fourth-order valence-electron chi connectivity index (χ4n) is 4.51. The van der Waals surface area contributed by atoms with Gasteiger partial charge in [-0.1, -0.05) is 54.1 Å². The SMILES string of the molecule is CCOC(=O)C1=C2c3[nH]c4ccccc4c3CCN2C=C[C@H]1c1ccc(C)cc1. The van der Waals surface area contributed by atoms with Crippen LogP contribution in [-0.2, 0) is 16.0 Å². The summed E-state index contributed by atoms with van der Waals surface area (Å²) in [5.41, 5.74) is 7.41. The van der Waals surface area contributed by atoms with E-state index in [9.17, 15) is 4.79 Å². The highest BCUT2D eigenvalue weighted by Crippen LogP contribution is 2.43. The van der Waals surface area contributed by atoms with E-state index >= 15 is 0 Å². The molecular weight excluding hydrogens is 360 g/mol. The Bertz CT molecular complexity index is 1150. The van der Waals surface area contributed by atoms with Crippen molar-refractivity contribution in [3.63, 3.8) is 0 Å². The standard InChI is InChI=1S/C25H24N2O2/c1-3-29-25(28)22-18(17-10-8-16(2)9-11-17)12-14-27-15-13-20-19-6-4-5-7-21(19)26-23(20)24(22)27/h4-12,14,18,26H,3,13,15H2,1-2H3/t18-/m0/s1. The van der Waals surface area contributed by atoms with Crippen molar-refractivity contribution in [3.05, 3.63) is 88.8 Å². The van der Waals surface area contributed by atoms with Crippen molar-refractivity contribution in [1.82, 2.24) is 9.88 Å². The molecule has 29 heavy (non-hydrogen) atoms. The Balaban J connectivity index is 1.74. The molecule has 5 rings (SSSR count). The molecule has 4 nitrogen and oxygen atoms in total. The van der Waals surface area contributed by atoms with E-state index in [0.717, 1.165) is 35.4 Å². The smallest absolute Gasteiger partial charge is 0.337 e. The van der Waals surface area contributed by atoms with Crippen molar-refractivity contribution in [3.8, 4) is 0 Å². The van der Waals surface area contributed by atoms with Gasteiger partial charge in [-0.3, -0.25) is 0 Å². The highest BCUT2D eigenvalue weighted by molar-refractivity contribution is 6.02. The van der Waals surface area contributed by atoms with Gasteiger partial charge in [0.25, 0.3) is 0 Å². The molecule has 2 aliphatic heterocycles. The van der Waals surface area contributed by atoms with Gasteiger partial charge in [0.05, 0.1) is 23.6 Å². The number of hydrogen-bond donors (Lipinski definition) is 1. The molecule has 0 saturated heterocycles. The van der Waals surface area contributed by atoms with Crippen molar-refractivity contribution in [1.29, 1.82) is 0 Å². The number of nitrogens with zero attached hydrogens (tertiary/aromatic N) is 1. The van der Waals surface area contributed by atoms with Crippen LogP contribution < -0.4 is 0 Å². The van der Waals surface area contributed by atoms with Crippen LogP contribution in [0.2, 0.25) is 0 Å². The number of esters is 1. The van der Waals surface area contributed by atoms with E-state index in [1.165, 1.54) is 16.5 Å². The molecule has 0 amide bonds. The highest BCUT2D eigenvalue weighted by Gasteiger charge is 2.36. The Kier molecular flexibility index (Phi) is 4.27. The summed E-state index contributed by atoms with van der Waals surface area (Å²) < 4.78 is 5.52. The van der Waals surface area contributed by atoms with Crippen molar-refractivity contribution in [2.24, 2.45) is 0 Å². The Morgan fingerprint density at radius 2 is 1.97 bits per heavy atom. The van der Waals surface area contributed by atoms with E-state index in [0.29, 0.717) is 12.2 Å². The molecular formula is C25H24N2O2. The number of fused-ring (bicyclic) bond motifs is 5. The molecule has 1 aromatic heterocycles. The molecule has 1 atom stereocenters. The number of aromatic amines is 1. The molecule has 1 N–H and O–H groups in total. The lowest BCUT2D eigenvalue weighted by Gasteiger charge is -2.35. The number of hydrogen-bond acceptors (Lipinski definition) is 3. The van der Waals surface area contributed by atoms with E-state index in [4.69, 9.17) is 4.74 Å². The van der Waals surface area contributed by atoms with E-state index in [1.807, 2.05) is 13.0 Å². The number of nitrogens with one attached hydrogen (secondary N) is 1. The van der Waals surface area contributed by atoms with Crippen molar-refractivity contribution < 1.29 is 9.53 Å². The Labute approximate surface area is 170 Å². The molecule has 0 fully saturated rings. The number of rotatable bonds is 3. The van der Waals surface area contributed by atoms with Gasteiger partial charge in [-0.15, -0.1) is 0 Å². The second-order valence-corrected chi connectivity index (χ2v) is 7.68. The van der Waals surface area contributed by atoms with Crippen LogP contribution in [0.3, 0.4) is 0 Å². The normalized spacial score (nSPS) is 18.0. The third kappa shape index (κ3) is 2.87. The third-order valence-electron chi connectivity index (χ3n) is 5.90. The number of ether oxygens (including phenoxy) is 1. The van der Waals surface area contributed by atoms with Crippen molar-refractivity contribution >= 4 is 22.6 Å². The predicted octanol–water partition coefficient (Wildman–Crippen LogP) is 4.92. The average molecular weight is 384 g/mol.